The van der Waals surface area contributed by atoms with Crippen LogP contribution in [0.1, 0.15) is 43.8 Å². The Morgan fingerprint density at radius 1 is 1.15 bits per heavy atom. The van der Waals surface area contributed by atoms with Crippen molar-refractivity contribution in [3.63, 3.8) is 0 Å². The quantitative estimate of drug-likeness (QED) is 0.908. The van der Waals surface area contributed by atoms with Crippen LogP contribution < -0.4 is 0 Å². The van der Waals surface area contributed by atoms with Crippen LogP contribution in [-0.4, -0.2) is 10.1 Å². The normalized spacial score (nSPS) is 29.9. The van der Waals surface area contributed by atoms with Crippen LogP contribution in [0.15, 0.2) is 36.5 Å². The van der Waals surface area contributed by atoms with Crippen LogP contribution in [0.2, 0.25) is 0 Å². The van der Waals surface area contributed by atoms with Crippen LogP contribution in [0.3, 0.4) is 0 Å². The van der Waals surface area contributed by atoms with E-state index in [2.05, 4.69) is 17.1 Å². The molecular weight excluding hydrogens is 246 g/mol. The molecule has 20 heavy (non-hydrogen) atoms. The Morgan fingerprint density at radius 3 is 2.90 bits per heavy atom. The average Bonchev–Trinajstić information content (AvgIpc) is 3.09. The number of hydrogen-bond donors (Lipinski definition) is 1. The van der Waals surface area contributed by atoms with Crippen molar-refractivity contribution in [3.05, 3.63) is 42.1 Å². The van der Waals surface area contributed by atoms with E-state index in [9.17, 15) is 5.11 Å². The van der Waals surface area contributed by atoms with Crippen molar-refractivity contribution in [3.8, 4) is 0 Å². The number of aliphatic hydroxyl groups excluding tert-OH is 1. The lowest BCUT2D eigenvalue weighted by molar-refractivity contribution is 0.127. The summed E-state index contributed by atoms with van der Waals surface area (Å²) in [5, 5.41) is 11.8. The highest BCUT2D eigenvalue weighted by Crippen LogP contribution is 2.51. The summed E-state index contributed by atoms with van der Waals surface area (Å²) >= 11 is 0. The Labute approximate surface area is 119 Å². The molecule has 4 atom stereocenters. The lowest BCUT2D eigenvalue weighted by Gasteiger charge is -2.24. The van der Waals surface area contributed by atoms with Gasteiger partial charge in [-0.2, -0.15) is 0 Å². The highest BCUT2D eigenvalue weighted by atomic mass is 16.3. The standard InChI is InChI=1S/C18H21NO/c20-18(11-14-10-12-6-7-13(14)9-12)16-3-1-5-17-15(16)4-2-8-19-17/h1-5,8,12-14,18,20H,6-7,9-11H2. The van der Waals surface area contributed by atoms with Gasteiger partial charge < -0.3 is 5.11 Å². The van der Waals surface area contributed by atoms with Crippen molar-refractivity contribution in [2.24, 2.45) is 17.8 Å². The van der Waals surface area contributed by atoms with Gasteiger partial charge in [0.25, 0.3) is 0 Å². The van der Waals surface area contributed by atoms with Gasteiger partial charge in [0.1, 0.15) is 0 Å². The lowest BCUT2D eigenvalue weighted by Crippen LogP contribution is -2.14. The predicted octanol–water partition coefficient (Wildman–Crippen LogP) is 4.09. The molecule has 2 fully saturated rings. The van der Waals surface area contributed by atoms with E-state index in [1.54, 1.807) is 0 Å². The van der Waals surface area contributed by atoms with Gasteiger partial charge in [-0.1, -0.05) is 24.6 Å². The van der Waals surface area contributed by atoms with Gasteiger partial charge in [0.2, 0.25) is 0 Å². The second kappa shape index (κ2) is 4.85. The lowest BCUT2D eigenvalue weighted by atomic mass is 9.83. The summed E-state index contributed by atoms with van der Waals surface area (Å²) in [4.78, 5) is 4.38. The summed E-state index contributed by atoms with van der Waals surface area (Å²) in [5.74, 6) is 2.56. The largest absolute Gasteiger partial charge is 0.388 e. The third kappa shape index (κ3) is 2.03. The molecule has 1 aromatic heterocycles. The van der Waals surface area contributed by atoms with Crippen LogP contribution >= 0.6 is 0 Å². The van der Waals surface area contributed by atoms with Gasteiger partial charge in [-0.3, -0.25) is 4.98 Å². The van der Waals surface area contributed by atoms with Gasteiger partial charge in [0, 0.05) is 11.6 Å². The molecule has 4 rings (SSSR count). The molecule has 104 valence electrons. The van der Waals surface area contributed by atoms with E-state index in [0.29, 0.717) is 0 Å². The van der Waals surface area contributed by atoms with Crippen LogP contribution in [0.5, 0.6) is 0 Å². The molecular formula is C18H21NO. The number of benzene rings is 1. The smallest absolute Gasteiger partial charge is 0.0799 e. The summed E-state index contributed by atoms with van der Waals surface area (Å²) in [5.41, 5.74) is 2.04. The maximum absolute atomic E-state index is 10.7. The molecule has 0 spiro atoms. The molecule has 2 saturated carbocycles. The van der Waals surface area contributed by atoms with Gasteiger partial charge in [0.05, 0.1) is 11.6 Å². The topological polar surface area (TPSA) is 33.1 Å². The molecule has 2 bridgehead atoms. The van der Waals surface area contributed by atoms with E-state index >= 15 is 0 Å². The first-order valence-corrected chi connectivity index (χ1v) is 7.83. The molecule has 0 aliphatic heterocycles. The molecule has 0 saturated heterocycles. The Hall–Kier alpha value is -1.41. The van der Waals surface area contributed by atoms with Crippen molar-refractivity contribution >= 4 is 10.9 Å². The molecule has 2 aliphatic carbocycles. The van der Waals surface area contributed by atoms with Crippen molar-refractivity contribution in [2.45, 2.75) is 38.2 Å². The fraction of sp³-hybridized carbons (Fsp3) is 0.500. The van der Waals surface area contributed by atoms with E-state index < -0.39 is 0 Å². The molecule has 2 aromatic rings. The highest BCUT2D eigenvalue weighted by Gasteiger charge is 2.40. The monoisotopic (exact) mass is 267 g/mol. The summed E-state index contributed by atoms with van der Waals surface area (Å²) in [6.45, 7) is 0. The number of pyridine rings is 1. The number of aromatic nitrogens is 1. The third-order valence-corrected chi connectivity index (χ3v) is 5.45. The van der Waals surface area contributed by atoms with E-state index in [1.165, 1.54) is 25.7 Å². The molecule has 2 aliphatic rings. The van der Waals surface area contributed by atoms with Gasteiger partial charge in [-0.05, 0) is 61.1 Å². The highest BCUT2D eigenvalue weighted by molar-refractivity contribution is 5.82. The first-order chi connectivity index (χ1) is 9.81. The third-order valence-electron chi connectivity index (χ3n) is 5.45. The van der Waals surface area contributed by atoms with Crippen molar-refractivity contribution in [2.75, 3.05) is 0 Å². The zero-order valence-corrected chi connectivity index (χ0v) is 11.7. The molecule has 1 heterocycles. The maximum Gasteiger partial charge on any atom is 0.0799 e. The zero-order chi connectivity index (χ0) is 13.5. The molecule has 2 nitrogen and oxygen atoms in total. The Kier molecular flexibility index (Phi) is 2.99. The number of fused-ring (bicyclic) bond motifs is 3. The molecule has 1 aromatic carbocycles. The second-order valence-electron chi connectivity index (χ2n) is 6.60. The van der Waals surface area contributed by atoms with Crippen LogP contribution in [-0.2, 0) is 0 Å². The van der Waals surface area contributed by atoms with Crippen LogP contribution in [0.25, 0.3) is 10.9 Å². The van der Waals surface area contributed by atoms with Gasteiger partial charge in [0.15, 0.2) is 0 Å². The number of rotatable bonds is 3. The summed E-state index contributed by atoms with van der Waals surface area (Å²) in [6, 6.07) is 10.1. The minimum Gasteiger partial charge on any atom is -0.388 e. The fourth-order valence-corrected chi connectivity index (χ4v) is 4.50. The predicted molar refractivity (Wildman–Crippen MR) is 80.3 cm³/mol. The van der Waals surface area contributed by atoms with Gasteiger partial charge in [-0.25, -0.2) is 0 Å². The SMILES string of the molecule is OC(CC1CC2CCC1C2)c1cccc2ncccc12. The first-order valence-electron chi connectivity index (χ1n) is 7.83. The second-order valence-corrected chi connectivity index (χ2v) is 6.60. The van der Waals surface area contributed by atoms with Gasteiger partial charge in [-0.15, -0.1) is 0 Å². The van der Waals surface area contributed by atoms with Crippen LogP contribution in [0, 0.1) is 17.8 Å². The van der Waals surface area contributed by atoms with E-state index in [-0.39, 0.29) is 6.10 Å². The Morgan fingerprint density at radius 2 is 2.10 bits per heavy atom. The summed E-state index contributed by atoms with van der Waals surface area (Å²) in [6.07, 6.45) is 7.96. The van der Waals surface area contributed by atoms with Crippen LogP contribution in [0.4, 0.5) is 0 Å². The summed E-state index contributed by atoms with van der Waals surface area (Å²) < 4.78 is 0. The molecule has 4 unspecified atom stereocenters. The molecule has 0 amide bonds. The van der Waals surface area contributed by atoms with E-state index in [1.807, 2.05) is 24.4 Å². The maximum atomic E-state index is 10.7. The molecule has 0 radical (unpaired) electrons. The Bertz CT molecular complexity index is 618. The van der Waals surface area contributed by atoms with Crippen molar-refractivity contribution in [1.29, 1.82) is 0 Å². The first kappa shape index (κ1) is 12.3. The summed E-state index contributed by atoms with van der Waals surface area (Å²) in [7, 11) is 0. The van der Waals surface area contributed by atoms with Crippen molar-refractivity contribution in [1.82, 2.24) is 4.98 Å². The van der Waals surface area contributed by atoms with E-state index in [0.717, 1.165) is 40.6 Å². The zero-order valence-electron chi connectivity index (χ0n) is 11.7. The minimum absolute atomic E-state index is 0.341. The van der Waals surface area contributed by atoms with E-state index in [4.69, 9.17) is 0 Å². The number of nitrogens with zero attached hydrogens (tertiary/aromatic N) is 1. The fourth-order valence-electron chi connectivity index (χ4n) is 4.50. The minimum atomic E-state index is -0.341. The van der Waals surface area contributed by atoms with Gasteiger partial charge >= 0.3 is 0 Å². The number of aliphatic hydroxyl groups is 1. The Balaban J connectivity index is 1.59. The average molecular weight is 267 g/mol. The van der Waals surface area contributed by atoms with Crippen molar-refractivity contribution < 1.29 is 5.11 Å². The molecule has 1 N–H and O–H groups in total. The molecule has 2 heteroatoms. The number of hydrogen-bond acceptors (Lipinski definition) is 2.